The molecule has 1 aliphatic rings. The lowest BCUT2D eigenvalue weighted by atomic mass is 10.2. The minimum absolute atomic E-state index is 0.0500. The van der Waals surface area contributed by atoms with Gasteiger partial charge in [0.2, 0.25) is 5.95 Å². The molecule has 0 spiro atoms. The largest absolute Gasteiger partial charge is 0.383 e. The number of urea groups is 1. The van der Waals surface area contributed by atoms with Crippen molar-refractivity contribution in [2.45, 2.75) is 25.2 Å². The monoisotopic (exact) mass is 347 g/mol. The fraction of sp³-hybridized carbons (Fsp3) is 0.267. The molecule has 0 radical (unpaired) electrons. The van der Waals surface area contributed by atoms with Crippen LogP contribution in [0.15, 0.2) is 29.2 Å². The average molecular weight is 347 g/mol. The van der Waals surface area contributed by atoms with Gasteiger partial charge in [-0.2, -0.15) is 0 Å². The standard InChI is InChI=1S/C15H17N5O3S/c1-9-8-10(2)18-14(17-9)19-15(21)20-24(22,23)12-5-3-4-11-6-7-16-13(11)12/h3-5,8,16H,6-7H2,1-2H3,(H2,17,18,19,20,21). The number of aryl methyl sites for hydroxylation is 2. The van der Waals surface area contributed by atoms with Gasteiger partial charge < -0.3 is 5.32 Å². The summed E-state index contributed by atoms with van der Waals surface area (Å²) in [7, 11) is -4.01. The zero-order chi connectivity index (χ0) is 17.3. The number of amides is 2. The number of aromatic nitrogens is 2. The number of fused-ring (bicyclic) bond motifs is 1. The summed E-state index contributed by atoms with van der Waals surface area (Å²) in [4.78, 5) is 20.2. The molecule has 0 unspecified atom stereocenters. The van der Waals surface area contributed by atoms with Gasteiger partial charge >= 0.3 is 6.03 Å². The zero-order valence-electron chi connectivity index (χ0n) is 13.3. The van der Waals surface area contributed by atoms with Gasteiger partial charge in [-0.1, -0.05) is 12.1 Å². The van der Waals surface area contributed by atoms with Gasteiger partial charge in [0, 0.05) is 17.9 Å². The Kier molecular flexibility index (Phi) is 4.10. The van der Waals surface area contributed by atoms with Gasteiger partial charge in [-0.25, -0.2) is 27.9 Å². The molecule has 2 aromatic rings. The number of hydrogen-bond acceptors (Lipinski definition) is 6. The van der Waals surface area contributed by atoms with Gasteiger partial charge in [0.1, 0.15) is 4.90 Å². The average Bonchev–Trinajstić information content (AvgIpc) is 2.93. The summed E-state index contributed by atoms with van der Waals surface area (Å²) in [6.07, 6.45) is 0.751. The fourth-order valence-corrected chi connectivity index (χ4v) is 3.75. The highest BCUT2D eigenvalue weighted by atomic mass is 32.2. The van der Waals surface area contributed by atoms with Crippen molar-refractivity contribution in [3.05, 3.63) is 41.2 Å². The van der Waals surface area contributed by atoms with E-state index in [0.717, 1.165) is 12.0 Å². The lowest BCUT2D eigenvalue weighted by Crippen LogP contribution is -2.35. The second-order valence-electron chi connectivity index (χ2n) is 5.50. The number of carbonyl (C=O) groups is 1. The van der Waals surface area contributed by atoms with Gasteiger partial charge in [0.25, 0.3) is 10.0 Å². The van der Waals surface area contributed by atoms with Gasteiger partial charge in [0.15, 0.2) is 0 Å². The van der Waals surface area contributed by atoms with Crippen molar-refractivity contribution in [2.24, 2.45) is 0 Å². The van der Waals surface area contributed by atoms with Crippen LogP contribution in [0.2, 0.25) is 0 Å². The van der Waals surface area contributed by atoms with E-state index in [0.29, 0.717) is 23.6 Å². The molecule has 1 aromatic carbocycles. The number of nitrogens with one attached hydrogen (secondary N) is 3. The van der Waals surface area contributed by atoms with Crippen LogP contribution >= 0.6 is 0 Å². The maximum Gasteiger partial charge on any atom is 0.335 e. The van der Waals surface area contributed by atoms with Crippen molar-refractivity contribution in [1.82, 2.24) is 14.7 Å². The lowest BCUT2D eigenvalue weighted by Gasteiger charge is -2.11. The molecule has 126 valence electrons. The molecule has 1 aromatic heterocycles. The van der Waals surface area contributed by atoms with E-state index in [1.54, 1.807) is 26.0 Å². The molecule has 0 fully saturated rings. The van der Waals surface area contributed by atoms with Crippen molar-refractivity contribution in [3.8, 4) is 0 Å². The summed E-state index contributed by atoms with van der Waals surface area (Å²) >= 11 is 0. The summed E-state index contributed by atoms with van der Waals surface area (Å²) in [6.45, 7) is 4.19. The Bertz CT molecular complexity index is 891. The summed E-state index contributed by atoms with van der Waals surface area (Å²) < 4.78 is 26.9. The van der Waals surface area contributed by atoms with Crippen molar-refractivity contribution >= 4 is 27.7 Å². The van der Waals surface area contributed by atoms with Crippen LogP contribution in [0.4, 0.5) is 16.4 Å². The second kappa shape index (κ2) is 6.08. The van der Waals surface area contributed by atoms with Crippen molar-refractivity contribution in [2.75, 3.05) is 17.2 Å². The molecule has 0 atom stereocenters. The molecule has 2 heterocycles. The van der Waals surface area contributed by atoms with E-state index in [1.165, 1.54) is 6.07 Å². The minimum atomic E-state index is -4.01. The Labute approximate surface area is 139 Å². The summed E-state index contributed by atoms with van der Waals surface area (Å²) in [5.74, 6) is 0.0524. The third-order valence-corrected chi connectivity index (χ3v) is 4.91. The maximum absolute atomic E-state index is 12.5. The Morgan fingerprint density at radius 3 is 2.62 bits per heavy atom. The van der Waals surface area contributed by atoms with Gasteiger partial charge in [-0.15, -0.1) is 0 Å². The lowest BCUT2D eigenvalue weighted by molar-refractivity contribution is 0.256. The molecular formula is C15H17N5O3S. The highest BCUT2D eigenvalue weighted by Crippen LogP contribution is 2.29. The van der Waals surface area contributed by atoms with Crippen LogP contribution < -0.4 is 15.4 Å². The first kappa shape index (κ1) is 16.2. The minimum Gasteiger partial charge on any atom is -0.383 e. The molecular weight excluding hydrogens is 330 g/mol. The quantitative estimate of drug-likeness (QED) is 0.777. The molecule has 2 amide bonds. The number of para-hydroxylation sites is 1. The van der Waals surface area contributed by atoms with Crippen molar-refractivity contribution in [3.63, 3.8) is 0 Å². The Morgan fingerprint density at radius 2 is 1.92 bits per heavy atom. The van der Waals surface area contributed by atoms with Gasteiger partial charge in [0.05, 0.1) is 5.69 Å². The molecule has 9 heteroatoms. The molecule has 0 bridgehead atoms. The highest BCUT2D eigenvalue weighted by Gasteiger charge is 2.25. The van der Waals surface area contributed by atoms with E-state index in [4.69, 9.17) is 0 Å². The van der Waals surface area contributed by atoms with Crippen molar-refractivity contribution < 1.29 is 13.2 Å². The normalized spacial score (nSPS) is 13.1. The summed E-state index contributed by atoms with van der Waals surface area (Å²) in [6, 6.07) is 5.82. The number of hydrogen-bond donors (Lipinski definition) is 3. The van der Waals surface area contributed by atoms with Crippen molar-refractivity contribution in [1.29, 1.82) is 0 Å². The molecule has 0 saturated carbocycles. The first-order valence-electron chi connectivity index (χ1n) is 7.37. The Balaban J connectivity index is 1.80. The molecule has 3 rings (SSSR count). The van der Waals surface area contributed by atoms with Crippen LogP contribution in [0.5, 0.6) is 0 Å². The molecule has 1 aliphatic heterocycles. The molecule has 8 nitrogen and oxygen atoms in total. The number of benzene rings is 1. The van der Waals surface area contributed by atoms with Crippen LogP contribution in [0, 0.1) is 13.8 Å². The number of rotatable bonds is 3. The molecule has 0 aliphatic carbocycles. The van der Waals surface area contributed by atoms with Crippen LogP contribution in [0.3, 0.4) is 0 Å². The van der Waals surface area contributed by atoms with Crippen LogP contribution in [-0.4, -0.2) is 31.0 Å². The SMILES string of the molecule is Cc1cc(C)nc(NC(=O)NS(=O)(=O)c2cccc3c2NCC3)n1. The number of carbonyl (C=O) groups excluding carboxylic acids is 1. The van der Waals surface area contributed by atoms with Crippen LogP contribution in [0.1, 0.15) is 17.0 Å². The topological polar surface area (TPSA) is 113 Å². The first-order valence-corrected chi connectivity index (χ1v) is 8.85. The van der Waals surface area contributed by atoms with E-state index in [9.17, 15) is 13.2 Å². The maximum atomic E-state index is 12.5. The van der Waals surface area contributed by atoms with Crippen LogP contribution in [0.25, 0.3) is 0 Å². The summed E-state index contributed by atoms with van der Waals surface area (Å²) in [5, 5.41) is 5.38. The first-order chi connectivity index (χ1) is 11.3. The van der Waals surface area contributed by atoms with E-state index in [2.05, 4.69) is 20.6 Å². The molecule has 0 saturated heterocycles. The van der Waals surface area contributed by atoms with E-state index >= 15 is 0 Å². The Morgan fingerprint density at radius 1 is 1.21 bits per heavy atom. The number of anilines is 2. The molecule has 24 heavy (non-hydrogen) atoms. The smallest absolute Gasteiger partial charge is 0.335 e. The van der Waals surface area contributed by atoms with E-state index in [1.807, 2.05) is 10.8 Å². The predicted octanol–water partition coefficient (Wildman–Crippen LogP) is 1.57. The van der Waals surface area contributed by atoms with E-state index in [-0.39, 0.29) is 10.8 Å². The third-order valence-electron chi connectivity index (χ3n) is 3.53. The number of nitrogens with zero attached hydrogens (tertiary/aromatic N) is 2. The molecule has 3 N–H and O–H groups in total. The summed E-state index contributed by atoms with van der Waals surface area (Å²) in [5.41, 5.74) is 2.80. The van der Waals surface area contributed by atoms with Gasteiger partial charge in [-0.05, 0) is 38.0 Å². The van der Waals surface area contributed by atoms with E-state index < -0.39 is 16.1 Å². The van der Waals surface area contributed by atoms with Gasteiger partial charge in [-0.3, -0.25) is 5.32 Å². The zero-order valence-corrected chi connectivity index (χ0v) is 14.1. The predicted molar refractivity (Wildman–Crippen MR) is 89.5 cm³/mol. The Hall–Kier alpha value is -2.68. The van der Waals surface area contributed by atoms with Crippen LogP contribution in [-0.2, 0) is 16.4 Å². The highest BCUT2D eigenvalue weighted by molar-refractivity contribution is 7.90. The third kappa shape index (κ3) is 3.30. The fourth-order valence-electron chi connectivity index (χ4n) is 2.62. The number of sulfonamides is 1. The second-order valence-corrected chi connectivity index (χ2v) is 7.15.